The lowest BCUT2D eigenvalue weighted by Gasteiger charge is -2.06. The van der Waals surface area contributed by atoms with Gasteiger partial charge in [0.25, 0.3) is 0 Å². The van der Waals surface area contributed by atoms with Gasteiger partial charge in [-0.3, -0.25) is 4.79 Å². The maximum Gasteiger partial charge on any atom is 0.330 e. The van der Waals surface area contributed by atoms with E-state index in [-0.39, 0.29) is 6.42 Å². The van der Waals surface area contributed by atoms with Crippen molar-refractivity contribution in [2.75, 3.05) is 6.61 Å². The van der Waals surface area contributed by atoms with Crippen LogP contribution in [0.5, 0.6) is 0 Å². The molecule has 0 bridgehead atoms. The Hall–Kier alpha value is -2.88. The first-order valence-electron chi connectivity index (χ1n) is 7.77. The predicted molar refractivity (Wildman–Crippen MR) is 92.7 cm³/mol. The fourth-order valence-corrected chi connectivity index (χ4v) is 2.31. The summed E-state index contributed by atoms with van der Waals surface area (Å²) in [6.07, 6.45) is 2.50. The molecule has 24 heavy (non-hydrogen) atoms. The average molecular weight is 324 g/mol. The van der Waals surface area contributed by atoms with Gasteiger partial charge in [0, 0.05) is 18.9 Å². The maximum atomic E-state index is 11.0. The van der Waals surface area contributed by atoms with E-state index in [0.29, 0.717) is 19.4 Å². The summed E-state index contributed by atoms with van der Waals surface area (Å²) in [4.78, 5) is 21.6. The molecule has 0 heterocycles. The van der Waals surface area contributed by atoms with Crippen LogP contribution in [0.3, 0.4) is 0 Å². The molecule has 1 N–H and O–H groups in total. The molecule has 0 saturated carbocycles. The van der Waals surface area contributed by atoms with E-state index in [1.165, 1.54) is 0 Å². The molecule has 4 heteroatoms. The van der Waals surface area contributed by atoms with Crippen LogP contribution in [0.2, 0.25) is 0 Å². The van der Waals surface area contributed by atoms with Crippen molar-refractivity contribution in [3.05, 3.63) is 72.3 Å². The number of rotatable bonds is 8. The molecule has 0 saturated heterocycles. The summed E-state index contributed by atoms with van der Waals surface area (Å²) in [5.41, 5.74) is 4.28. The normalized spacial score (nSPS) is 10.2. The molecular formula is C20H20O4. The zero-order valence-corrected chi connectivity index (χ0v) is 13.4. The lowest BCUT2D eigenvalue weighted by atomic mass is 10.0. The molecule has 124 valence electrons. The molecule has 0 aromatic heterocycles. The van der Waals surface area contributed by atoms with E-state index in [9.17, 15) is 9.59 Å². The molecule has 2 aromatic carbocycles. The number of esters is 1. The van der Waals surface area contributed by atoms with Gasteiger partial charge in [0.1, 0.15) is 0 Å². The second-order valence-electron chi connectivity index (χ2n) is 5.41. The fraction of sp³-hybridized carbons (Fsp3) is 0.200. The third kappa shape index (κ3) is 5.39. The molecule has 0 spiro atoms. The summed E-state index contributed by atoms with van der Waals surface area (Å²) in [6.45, 7) is 3.69. The molecule has 0 atom stereocenters. The van der Waals surface area contributed by atoms with Crippen LogP contribution >= 0.6 is 0 Å². The Labute approximate surface area is 141 Å². The zero-order chi connectivity index (χ0) is 17.4. The van der Waals surface area contributed by atoms with Gasteiger partial charge in [-0.25, -0.2) is 4.79 Å². The Balaban J connectivity index is 1.93. The monoisotopic (exact) mass is 324 g/mol. The Morgan fingerprint density at radius 3 is 1.88 bits per heavy atom. The van der Waals surface area contributed by atoms with E-state index in [1.807, 2.05) is 48.5 Å². The van der Waals surface area contributed by atoms with Crippen LogP contribution in [0.15, 0.2) is 61.2 Å². The summed E-state index contributed by atoms with van der Waals surface area (Å²) in [5.74, 6) is -1.19. The number of hydrogen-bond donors (Lipinski definition) is 1. The zero-order valence-electron chi connectivity index (χ0n) is 13.4. The molecule has 4 nitrogen and oxygen atoms in total. The SMILES string of the molecule is C=CC(=O)OCCc1ccc(-c2ccc(CCC(=O)O)cc2)cc1. The molecule has 0 aliphatic rings. The fourth-order valence-electron chi connectivity index (χ4n) is 2.31. The average Bonchev–Trinajstić information content (AvgIpc) is 2.61. The number of hydrogen-bond acceptors (Lipinski definition) is 3. The van der Waals surface area contributed by atoms with E-state index in [2.05, 4.69) is 6.58 Å². The van der Waals surface area contributed by atoms with Crippen molar-refractivity contribution in [1.82, 2.24) is 0 Å². The summed E-state index contributed by atoms with van der Waals surface area (Å²) < 4.78 is 4.96. The first-order valence-corrected chi connectivity index (χ1v) is 7.77. The van der Waals surface area contributed by atoms with Gasteiger partial charge >= 0.3 is 11.9 Å². The number of carbonyl (C=O) groups excluding carboxylic acids is 1. The highest BCUT2D eigenvalue weighted by Gasteiger charge is 2.02. The van der Waals surface area contributed by atoms with Gasteiger partial charge in [-0.1, -0.05) is 55.1 Å². The molecule has 0 unspecified atom stereocenters. The number of carboxylic acids is 1. The minimum atomic E-state index is -0.784. The maximum absolute atomic E-state index is 11.0. The van der Waals surface area contributed by atoms with E-state index in [1.54, 1.807) is 0 Å². The number of benzene rings is 2. The number of carbonyl (C=O) groups is 2. The van der Waals surface area contributed by atoms with E-state index >= 15 is 0 Å². The van der Waals surface area contributed by atoms with Gasteiger partial charge in [0.15, 0.2) is 0 Å². The minimum absolute atomic E-state index is 0.143. The topological polar surface area (TPSA) is 63.6 Å². The second-order valence-corrected chi connectivity index (χ2v) is 5.41. The highest BCUT2D eigenvalue weighted by Crippen LogP contribution is 2.21. The highest BCUT2D eigenvalue weighted by atomic mass is 16.5. The van der Waals surface area contributed by atoms with Gasteiger partial charge in [-0.15, -0.1) is 0 Å². The molecule has 0 aliphatic carbocycles. The van der Waals surface area contributed by atoms with Gasteiger partial charge in [0.05, 0.1) is 6.61 Å². The van der Waals surface area contributed by atoms with Gasteiger partial charge in [0.2, 0.25) is 0 Å². The van der Waals surface area contributed by atoms with E-state index < -0.39 is 11.9 Å². The van der Waals surface area contributed by atoms with Crippen molar-refractivity contribution < 1.29 is 19.4 Å². The van der Waals surface area contributed by atoms with Crippen LogP contribution in [-0.2, 0) is 27.2 Å². The van der Waals surface area contributed by atoms with Gasteiger partial charge in [-0.2, -0.15) is 0 Å². The molecular weight excluding hydrogens is 304 g/mol. The standard InChI is InChI=1S/C20H20O4/c1-2-20(23)24-14-13-16-5-10-18(11-6-16)17-8-3-15(4-9-17)7-12-19(21)22/h2-6,8-11H,1,7,12-14H2,(H,21,22). The Kier molecular flexibility index (Phi) is 6.32. The molecule has 0 radical (unpaired) electrons. The molecule has 2 aromatic rings. The van der Waals surface area contributed by atoms with Crippen molar-refractivity contribution in [3.8, 4) is 11.1 Å². The van der Waals surface area contributed by atoms with Crippen molar-refractivity contribution >= 4 is 11.9 Å². The van der Waals surface area contributed by atoms with Gasteiger partial charge < -0.3 is 9.84 Å². The second kappa shape index (κ2) is 8.67. The Morgan fingerprint density at radius 2 is 1.42 bits per heavy atom. The minimum Gasteiger partial charge on any atom is -0.481 e. The summed E-state index contributed by atoms with van der Waals surface area (Å²) >= 11 is 0. The summed E-state index contributed by atoms with van der Waals surface area (Å²) in [6, 6.07) is 16.0. The van der Waals surface area contributed by atoms with E-state index in [0.717, 1.165) is 28.3 Å². The lowest BCUT2D eigenvalue weighted by Crippen LogP contribution is -2.04. The first kappa shape index (κ1) is 17.5. The molecule has 0 fully saturated rings. The third-order valence-electron chi connectivity index (χ3n) is 3.67. The highest BCUT2D eigenvalue weighted by molar-refractivity contribution is 5.81. The third-order valence-corrected chi connectivity index (χ3v) is 3.67. The first-order chi connectivity index (χ1) is 11.6. The lowest BCUT2D eigenvalue weighted by molar-refractivity contribution is -0.138. The van der Waals surface area contributed by atoms with Crippen LogP contribution in [0.25, 0.3) is 11.1 Å². The van der Waals surface area contributed by atoms with Crippen LogP contribution in [0, 0.1) is 0 Å². The van der Waals surface area contributed by atoms with Crippen LogP contribution in [0.1, 0.15) is 17.5 Å². The van der Waals surface area contributed by atoms with Crippen molar-refractivity contribution in [2.24, 2.45) is 0 Å². The number of aliphatic carboxylic acids is 1. The van der Waals surface area contributed by atoms with Crippen molar-refractivity contribution in [2.45, 2.75) is 19.3 Å². The van der Waals surface area contributed by atoms with Crippen molar-refractivity contribution in [1.29, 1.82) is 0 Å². The largest absolute Gasteiger partial charge is 0.481 e. The Bertz CT molecular complexity index is 699. The molecule has 2 rings (SSSR count). The smallest absolute Gasteiger partial charge is 0.330 e. The van der Waals surface area contributed by atoms with Crippen LogP contribution in [-0.4, -0.2) is 23.7 Å². The quantitative estimate of drug-likeness (QED) is 0.595. The number of aryl methyl sites for hydroxylation is 1. The number of carboxylic acid groups (broad SMARTS) is 1. The van der Waals surface area contributed by atoms with E-state index in [4.69, 9.17) is 9.84 Å². The molecule has 0 amide bonds. The van der Waals surface area contributed by atoms with Crippen LogP contribution in [0.4, 0.5) is 0 Å². The predicted octanol–water partition coefficient (Wildman–Crippen LogP) is 3.64. The van der Waals surface area contributed by atoms with Crippen molar-refractivity contribution in [3.63, 3.8) is 0 Å². The number of ether oxygens (including phenoxy) is 1. The molecule has 0 aliphatic heterocycles. The Morgan fingerprint density at radius 1 is 0.917 bits per heavy atom. The summed E-state index contributed by atoms with van der Waals surface area (Å²) in [5, 5.41) is 8.71. The van der Waals surface area contributed by atoms with Crippen LogP contribution < -0.4 is 0 Å². The van der Waals surface area contributed by atoms with Gasteiger partial charge in [-0.05, 0) is 28.7 Å². The summed E-state index contributed by atoms with van der Waals surface area (Å²) in [7, 11) is 0.